The number of nitrogens with zero attached hydrogens (tertiary/aromatic N) is 3. The van der Waals surface area contributed by atoms with Gasteiger partial charge in [0.2, 0.25) is 5.91 Å². The van der Waals surface area contributed by atoms with E-state index in [0.29, 0.717) is 12.1 Å². The molecule has 0 spiro atoms. The van der Waals surface area contributed by atoms with Gasteiger partial charge in [-0.25, -0.2) is 9.37 Å². The van der Waals surface area contributed by atoms with Gasteiger partial charge in [-0.15, -0.1) is 11.3 Å². The van der Waals surface area contributed by atoms with Gasteiger partial charge in [0.25, 0.3) is 0 Å². The number of benzene rings is 2. The minimum Gasteiger partial charge on any atom is -0.351 e. The number of thiazole rings is 1. The van der Waals surface area contributed by atoms with Crippen LogP contribution in [0.3, 0.4) is 0 Å². The zero-order valence-corrected chi connectivity index (χ0v) is 17.6. The molecule has 2 aromatic carbocycles. The maximum absolute atomic E-state index is 13.6. The molecule has 0 unspecified atom stereocenters. The molecule has 0 bridgehead atoms. The number of carbonyl (C=O) groups is 1. The molecule has 1 N–H and O–H groups in total. The molecule has 2 heterocycles. The van der Waals surface area contributed by atoms with Crippen molar-refractivity contribution in [2.24, 2.45) is 0 Å². The molecule has 4 rings (SSSR count). The number of hydrogen-bond acceptors (Lipinski definition) is 5. The summed E-state index contributed by atoms with van der Waals surface area (Å²) in [4.78, 5) is 21.5. The third-order valence-electron chi connectivity index (χ3n) is 5.22. The molecule has 5 nitrogen and oxygen atoms in total. The number of carbonyl (C=O) groups excluding carboxylic acids is 1. The van der Waals surface area contributed by atoms with Crippen LogP contribution in [0.5, 0.6) is 0 Å². The van der Waals surface area contributed by atoms with Crippen molar-refractivity contribution in [1.29, 1.82) is 0 Å². The Labute approximate surface area is 180 Å². The summed E-state index contributed by atoms with van der Waals surface area (Å²) in [6.45, 7) is 4.87. The van der Waals surface area contributed by atoms with Gasteiger partial charge in [-0.2, -0.15) is 0 Å². The van der Waals surface area contributed by atoms with Gasteiger partial charge >= 0.3 is 0 Å². The highest BCUT2D eigenvalue weighted by Gasteiger charge is 2.20. The summed E-state index contributed by atoms with van der Waals surface area (Å²) in [6, 6.07) is 16.8. The average Bonchev–Trinajstić information content (AvgIpc) is 3.24. The fourth-order valence-corrected chi connectivity index (χ4v) is 4.34. The SMILES string of the molecule is O=C(CN1CCN(Cc2csc(-c3ccccc3)n2)CC1)NCc1ccccc1F. The lowest BCUT2D eigenvalue weighted by molar-refractivity contribution is -0.122. The zero-order valence-electron chi connectivity index (χ0n) is 16.8. The predicted octanol–water partition coefficient (Wildman–Crippen LogP) is 3.38. The normalized spacial score (nSPS) is 15.2. The van der Waals surface area contributed by atoms with E-state index in [1.165, 1.54) is 6.07 Å². The lowest BCUT2D eigenvalue weighted by Gasteiger charge is -2.33. The van der Waals surface area contributed by atoms with Crippen LogP contribution in [-0.4, -0.2) is 53.4 Å². The minimum atomic E-state index is -0.288. The van der Waals surface area contributed by atoms with Crippen molar-refractivity contribution in [2.75, 3.05) is 32.7 Å². The molecule has 156 valence electrons. The Balaban J connectivity index is 1.20. The molecule has 7 heteroatoms. The van der Waals surface area contributed by atoms with Gasteiger partial charge in [-0.3, -0.25) is 14.6 Å². The third-order valence-corrected chi connectivity index (χ3v) is 6.16. The first-order valence-corrected chi connectivity index (χ1v) is 11.0. The van der Waals surface area contributed by atoms with E-state index in [4.69, 9.17) is 4.98 Å². The van der Waals surface area contributed by atoms with Crippen LogP contribution in [0, 0.1) is 5.82 Å². The highest BCUT2D eigenvalue weighted by atomic mass is 32.1. The largest absolute Gasteiger partial charge is 0.351 e. The molecule has 0 saturated carbocycles. The number of halogens is 1. The van der Waals surface area contributed by atoms with Gasteiger partial charge in [0.1, 0.15) is 10.8 Å². The summed E-state index contributed by atoms with van der Waals surface area (Å²) in [6.07, 6.45) is 0. The molecular formula is C23H25FN4OS. The Bertz CT molecular complexity index is 970. The van der Waals surface area contributed by atoms with Crippen molar-refractivity contribution in [3.8, 4) is 10.6 Å². The molecule has 0 radical (unpaired) electrons. The van der Waals surface area contributed by atoms with Crippen molar-refractivity contribution in [3.63, 3.8) is 0 Å². The molecule has 3 aromatic rings. The van der Waals surface area contributed by atoms with Crippen molar-refractivity contribution < 1.29 is 9.18 Å². The first kappa shape index (κ1) is 20.7. The van der Waals surface area contributed by atoms with E-state index in [1.54, 1.807) is 29.5 Å². The average molecular weight is 425 g/mol. The summed E-state index contributed by atoms with van der Waals surface area (Å²) < 4.78 is 13.6. The van der Waals surface area contributed by atoms with E-state index in [0.717, 1.165) is 49.0 Å². The standard InChI is InChI=1S/C23H25FN4OS/c24-21-9-5-4-8-19(21)14-25-22(29)16-28-12-10-27(11-13-28)15-20-17-30-23(26-20)18-6-2-1-3-7-18/h1-9,17H,10-16H2,(H,25,29). The lowest BCUT2D eigenvalue weighted by atomic mass is 10.2. The number of amides is 1. The number of piperazine rings is 1. The number of aromatic nitrogens is 1. The Morgan fingerprint density at radius 3 is 2.47 bits per heavy atom. The van der Waals surface area contributed by atoms with Crippen LogP contribution in [0.1, 0.15) is 11.3 Å². The molecule has 1 saturated heterocycles. The maximum Gasteiger partial charge on any atom is 0.234 e. The quantitative estimate of drug-likeness (QED) is 0.632. The van der Waals surface area contributed by atoms with Crippen LogP contribution in [0.2, 0.25) is 0 Å². The Morgan fingerprint density at radius 2 is 1.70 bits per heavy atom. The zero-order chi connectivity index (χ0) is 20.8. The number of rotatable bonds is 7. The van der Waals surface area contributed by atoms with Crippen LogP contribution in [0.4, 0.5) is 4.39 Å². The van der Waals surface area contributed by atoms with Crippen molar-refractivity contribution in [2.45, 2.75) is 13.1 Å². The van der Waals surface area contributed by atoms with Gasteiger partial charge in [0.05, 0.1) is 12.2 Å². The minimum absolute atomic E-state index is 0.0706. The van der Waals surface area contributed by atoms with Gasteiger partial charge in [0.15, 0.2) is 0 Å². The van der Waals surface area contributed by atoms with E-state index < -0.39 is 0 Å². The monoisotopic (exact) mass is 424 g/mol. The molecule has 30 heavy (non-hydrogen) atoms. The van der Waals surface area contributed by atoms with Crippen LogP contribution in [0.25, 0.3) is 10.6 Å². The maximum atomic E-state index is 13.6. The molecule has 1 amide bonds. The van der Waals surface area contributed by atoms with Gasteiger partial charge in [-0.05, 0) is 6.07 Å². The first-order chi connectivity index (χ1) is 14.7. The lowest BCUT2D eigenvalue weighted by Crippen LogP contribution is -2.49. The number of nitrogens with one attached hydrogen (secondary N) is 1. The topological polar surface area (TPSA) is 48.5 Å². The van der Waals surface area contributed by atoms with Gasteiger partial charge < -0.3 is 5.32 Å². The van der Waals surface area contributed by atoms with Crippen LogP contribution in [-0.2, 0) is 17.9 Å². The summed E-state index contributed by atoms with van der Waals surface area (Å²) in [5.74, 6) is -0.359. The highest BCUT2D eigenvalue weighted by molar-refractivity contribution is 7.13. The van der Waals surface area contributed by atoms with Crippen LogP contribution >= 0.6 is 11.3 Å². The molecule has 0 aliphatic carbocycles. The second kappa shape index (κ2) is 9.93. The highest BCUT2D eigenvalue weighted by Crippen LogP contribution is 2.24. The van der Waals surface area contributed by atoms with E-state index in [9.17, 15) is 9.18 Å². The summed E-state index contributed by atoms with van der Waals surface area (Å²) in [7, 11) is 0. The van der Waals surface area contributed by atoms with E-state index in [2.05, 4.69) is 32.6 Å². The second-order valence-electron chi connectivity index (χ2n) is 7.43. The fourth-order valence-electron chi connectivity index (χ4n) is 3.52. The van der Waals surface area contributed by atoms with Gasteiger partial charge in [-0.1, -0.05) is 48.5 Å². The summed E-state index contributed by atoms with van der Waals surface area (Å²) in [5.41, 5.74) is 2.75. The molecule has 1 aliphatic rings. The van der Waals surface area contributed by atoms with Crippen LogP contribution < -0.4 is 5.32 Å². The predicted molar refractivity (Wildman–Crippen MR) is 118 cm³/mol. The molecular weight excluding hydrogens is 399 g/mol. The molecule has 0 atom stereocenters. The van der Waals surface area contributed by atoms with Crippen molar-refractivity contribution >= 4 is 17.2 Å². The van der Waals surface area contributed by atoms with E-state index in [1.807, 2.05) is 18.2 Å². The Hall–Kier alpha value is -2.61. The number of hydrogen-bond donors (Lipinski definition) is 1. The smallest absolute Gasteiger partial charge is 0.234 e. The third kappa shape index (κ3) is 5.50. The van der Waals surface area contributed by atoms with Crippen molar-refractivity contribution in [1.82, 2.24) is 20.1 Å². The fraction of sp³-hybridized carbons (Fsp3) is 0.304. The second-order valence-corrected chi connectivity index (χ2v) is 8.29. The van der Waals surface area contributed by atoms with Gasteiger partial charge in [0, 0.05) is 55.8 Å². The summed E-state index contributed by atoms with van der Waals surface area (Å²) in [5, 5.41) is 6.00. The molecule has 1 aromatic heterocycles. The first-order valence-electron chi connectivity index (χ1n) is 10.1. The molecule has 1 fully saturated rings. The summed E-state index contributed by atoms with van der Waals surface area (Å²) >= 11 is 1.68. The van der Waals surface area contributed by atoms with E-state index >= 15 is 0 Å². The molecule has 1 aliphatic heterocycles. The van der Waals surface area contributed by atoms with E-state index in [-0.39, 0.29) is 18.3 Å². The van der Waals surface area contributed by atoms with Crippen LogP contribution in [0.15, 0.2) is 60.0 Å². The Kier molecular flexibility index (Phi) is 6.84. The Morgan fingerprint density at radius 1 is 1.00 bits per heavy atom. The van der Waals surface area contributed by atoms with Crippen molar-refractivity contribution in [3.05, 3.63) is 77.1 Å².